The molecule has 0 bridgehead atoms. The summed E-state index contributed by atoms with van der Waals surface area (Å²) >= 11 is 0. The van der Waals surface area contributed by atoms with Gasteiger partial charge in [-0.2, -0.15) is 0 Å². The van der Waals surface area contributed by atoms with Crippen molar-refractivity contribution in [3.63, 3.8) is 0 Å². The molecule has 2 N–H and O–H groups in total. The molecule has 4 nitrogen and oxygen atoms in total. The van der Waals surface area contributed by atoms with Crippen LogP contribution in [0.5, 0.6) is 0 Å². The predicted octanol–water partition coefficient (Wildman–Crippen LogP) is 1.01. The van der Waals surface area contributed by atoms with Gasteiger partial charge in [0.2, 0.25) is 0 Å². The van der Waals surface area contributed by atoms with Crippen molar-refractivity contribution in [3.8, 4) is 0 Å². The second kappa shape index (κ2) is 7.58. The Labute approximate surface area is 119 Å². The first-order chi connectivity index (χ1) is 8.98. The fourth-order valence-corrected chi connectivity index (χ4v) is 3.29. The molecule has 0 aromatic rings. The van der Waals surface area contributed by atoms with Gasteiger partial charge in [0, 0.05) is 24.7 Å². The standard InChI is InChI=1S/C15H33N3O/c1-6-15(12-19,16-3)8-7-9-18-10-13(2)14(11-18)17(4)5/h13-14,16,19H,6-12H2,1-5H3. The predicted molar refractivity (Wildman–Crippen MR) is 81.5 cm³/mol. The molecule has 1 fully saturated rings. The van der Waals surface area contributed by atoms with Crippen LogP contribution in [0.15, 0.2) is 0 Å². The largest absolute Gasteiger partial charge is 0.394 e. The second-order valence-electron chi connectivity index (χ2n) is 6.41. The molecule has 3 atom stereocenters. The number of rotatable bonds is 8. The minimum atomic E-state index is -0.0771. The summed E-state index contributed by atoms with van der Waals surface area (Å²) in [6.07, 6.45) is 3.19. The number of nitrogens with one attached hydrogen (secondary N) is 1. The van der Waals surface area contributed by atoms with E-state index in [0.717, 1.165) is 31.7 Å². The second-order valence-corrected chi connectivity index (χ2v) is 6.41. The molecule has 0 spiro atoms. The van der Waals surface area contributed by atoms with Gasteiger partial charge in [0.15, 0.2) is 0 Å². The van der Waals surface area contributed by atoms with Crippen LogP contribution in [-0.2, 0) is 0 Å². The third kappa shape index (κ3) is 4.42. The zero-order chi connectivity index (χ0) is 14.5. The highest BCUT2D eigenvalue weighted by molar-refractivity contribution is 4.88. The maximum atomic E-state index is 9.54. The van der Waals surface area contributed by atoms with Crippen molar-refractivity contribution >= 4 is 0 Å². The third-order valence-electron chi connectivity index (χ3n) is 4.95. The van der Waals surface area contributed by atoms with Gasteiger partial charge in [-0.25, -0.2) is 0 Å². The lowest BCUT2D eigenvalue weighted by Crippen LogP contribution is -2.46. The summed E-state index contributed by atoms with van der Waals surface area (Å²) in [6, 6.07) is 0.693. The molecule has 19 heavy (non-hydrogen) atoms. The van der Waals surface area contributed by atoms with Crippen LogP contribution in [-0.4, -0.2) is 73.9 Å². The lowest BCUT2D eigenvalue weighted by molar-refractivity contribution is 0.147. The Bertz CT molecular complexity index is 246. The lowest BCUT2D eigenvalue weighted by atomic mass is 9.91. The van der Waals surface area contributed by atoms with Gasteiger partial charge < -0.3 is 20.2 Å². The lowest BCUT2D eigenvalue weighted by Gasteiger charge is -2.31. The van der Waals surface area contributed by atoms with Crippen molar-refractivity contribution in [2.75, 3.05) is 47.4 Å². The van der Waals surface area contributed by atoms with Crippen LogP contribution in [0, 0.1) is 5.92 Å². The van der Waals surface area contributed by atoms with Gasteiger partial charge in [-0.15, -0.1) is 0 Å². The van der Waals surface area contributed by atoms with Crippen molar-refractivity contribution in [2.45, 2.75) is 44.7 Å². The Hall–Kier alpha value is -0.160. The highest BCUT2D eigenvalue weighted by Crippen LogP contribution is 2.22. The molecule has 0 radical (unpaired) electrons. The molecule has 0 amide bonds. The van der Waals surface area contributed by atoms with Crippen molar-refractivity contribution in [2.24, 2.45) is 5.92 Å². The molecule has 1 saturated heterocycles. The molecule has 0 aromatic carbocycles. The average molecular weight is 271 g/mol. The van der Waals surface area contributed by atoms with Gasteiger partial charge in [-0.3, -0.25) is 0 Å². The molecular weight excluding hydrogens is 238 g/mol. The quantitative estimate of drug-likeness (QED) is 0.691. The number of hydrogen-bond acceptors (Lipinski definition) is 4. The number of aliphatic hydroxyl groups is 1. The maximum absolute atomic E-state index is 9.54. The number of hydrogen-bond donors (Lipinski definition) is 2. The molecule has 1 aliphatic rings. The van der Waals surface area contributed by atoms with Gasteiger partial charge >= 0.3 is 0 Å². The minimum absolute atomic E-state index is 0.0771. The maximum Gasteiger partial charge on any atom is 0.0613 e. The SMILES string of the molecule is CCC(CO)(CCCN1CC(C)C(N(C)C)C1)NC. The van der Waals surface area contributed by atoms with Crippen molar-refractivity contribution in [1.29, 1.82) is 0 Å². The average Bonchev–Trinajstić information content (AvgIpc) is 2.77. The van der Waals surface area contributed by atoms with E-state index >= 15 is 0 Å². The van der Waals surface area contributed by atoms with E-state index in [-0.39, 0.29) is 12.1 Å². The molecular formula is C15H33N3O. The molecule has 0 aliphatic carbocycles. The zero-order valence-corrected chi connectivity index (χ0v) is 13.4. The van der Waals surface area contributed by atoms with Gasteiger partial charge in [-0.1, -0.05) is 13.8 Å². The Balaban J connectivity index is 2.34. The first kappa shape index (κ1) is 16.9. The van der Waals surface area contributed by atoms with E-state index in [2.05, 4.69) is 43.1 Å². The third-order valence-corrected chi connectivity index (χ3v) is 4.95. The van der Waals surface area contributed by atoms with Crippen molar-refractivity contribution in [3.05, 3.63) is 0 Å². The Morgan fingerprint density at radius 3 is 2.47 bits per heavy atom. The molecule has 4 heteroatoms. The fraction of sp³-hybridized carbons (Fsp3) is 1.00. The molecule has 0 aromatic heterocycles. The van der Waals surface area contributed by atoms with E-state index < -0.39 is 0 Å². The summed E-state index contributed by atoms with van der Waals surface area (Å²) in [4.78, 5) is 4.92. The van der Waals surface area contributed by atoms with Gasteiger partial charge in [0.1, 0.15) is 0 Å². The number of nitrogens with zero attached hydrogens (tertiary/aromatic N) is 2. The summed E-state index contributed by atoms with van der Waals surface area (Å²) in [6.45, 7) is 8.27. The summed E-state index contributed by atoms with van der Waals surface area (Å²) in [5.74, 6) is 0.757. The van der Waals surface area contributed by atoms with E-state index in [1.165, 1.54) is 13.1 Å². The van der Waals surface area contributed by atoms with Crippen LogP contribution < -0.4 is 5.32 Å². The Kier molecular flexibility index (Phi) is 6.74. The zero-order valence-electron chi connectivity index (χ0n) is 13.4. The van der Waals surface area contributed by atoms with Gasteiger partial charge in [0.25, 0.3) is 0 Å². The van der Waals surface area contributed by atoms with Gasteiger partial charge in [0.05, 0.1) is 6.61 Å². The van der Waals surface area contributed by atoms with E-state index in [1.807, 2.05) is 7.05 Å². The van der Waals surface area contributed by atoms with Crippen LogP contribution in [0.1, 0.15) is 33.1 Å². The molecule has 1 rings (SSSR count). The number of likely N-dealkylation sites (N-methyl/N-ethyl adjacent to an activating group) is 2. The fourth-order valence-electron chi connectivity index (χ4n) is 3.29. The van der Waals surface area contributed by atoms with Crippen LogP contribution in [0.2, 0.25) is 0 Å². The van der Waals surface area contributed by atoms with E-state index in [9.17, 15) is 5.11 Å². The summed E-state index contributed by atoms with van der Waals surface area (Å²) in [5, 5.41) is 12.8. The topological polar surface area (TPSA) is 38.7 Å². The Morgan fingerprint density at radius 2 is 2.05 bits per heavy atom. The molecule has 1 heterocycles. The van der Waals surface area contributed by atoms with Crippen LogP contribution in [0.25, 0.3) is 0 Å². The van der Waals surface area contributed by atoms with Crippen molar-refractivity contribution < 1.29 is 5.11 Å². The van der Waals surface area contributed by atoms with Crippen LogP contribution in [0.3, 0.4) is 0 Å². The summed E-state index contributed by atoms with van der Waals surface area (Å²) in [5.41, 5.74) is -0.0771. The van der Waals surface area contributed by atoms with E-state index in [4.69, 9.17) is 0 Å². The van der Waals surface area contributed by atoms with Gasteiger partial charge in [-0.05, 0) is 52.9 Å². The number of aliphatic hydroxyl groups excluding tert-OH is 1. The highest BCUT2D eigenvalue weighted by Gasteiger charge is 2.31. The van der Waals surface area contributed by atoms with E-state index in [0.29, 0.717) is 6.04 Å². The monoisotopic (exact) mass is 271 g/mol. The minimum Gasteiger partial charge on any atom is -0.394 e. The summed E-state index contributed by atoms with van der Waals surface area (Å²) in [7, 11) is 6.32. The first-order valence-corrected chi connectivity index (χ1v) is 7.66. The van der Waals surface area contributed by atoms with Crippen molar-refractivity contribution in [1.82, 2.24) is 15.1 Å². The smallest absolute Gasteiger partial charge is 0.0613 e. The molecule has 1 aliphatic heterocycles. The molecule has 3 unspecified atom stereocenters. The summed E-state index contributed by atoms with van der Waals surface area (Å²) < 4.78 is 0. The van der Waals surface area contributed by atoms with Crippen LogP contribution >= 0.6 is 0 Å². The normalized spacial score (nSPS) is 27.9. The highest BCUT2D eigenvalue weighted by atomic mass is 16.3. The first-order valence-electron chi connectivity index (χ1n) is 7.66. The van der Waals surface area contributed by atoms with E-state index in [1.54, 1.807) is 0 Å². The molecule has 0 saturated carbocycles. The molecule has 114 valence electrons. The number of likely N-dealkylation sites (tertiary alicyclic amines) is 1. The van der Waals surface area contributed by atoms with Crippen LogP contribution in [0.4, 0.5) is 0 Å². The Morgan fingerprint density at radius 1 is 1.37 bits per heavy atom.